The molecule has 5 aliphatic rings. The lowest BCUT2D eigenvalue weighted by molar-refractivity contribution is -0.304. The molecule has 14 N–H and O–H groups in total. The minimum absolute atomic E-state index is 0.0348. The fourth-order valence-electron chi connectivity index (χ4n) is 11.4. The van der Waals surface area contributed by atoms with Gasteiger partial charge in [-0.3, -0.25) is 9.98 Å². The van der Waals surface area contributed by atoms with Crippen molar-refractivity contribution in [2.24, 2.45) is 90.0 Å². The highest BCUT2D eigenvalue weighted by molar-refractivity contribution is 5.44. The average Bonchev–Trinajstić information content (AvgIpc) is 2.98. The topological polar surface area (TPSA) is 207 Å². The summed E-state index contributed by atoms with van der Waals surface area (Å²) in [6.45, 7) is 17.1. The van der Waals surface area contributed by atoms with Crippen LogP contribution < -0.4 is 40.1 Å². The predicted molar refractivity (Wildman–Crippen MR) is 142 cm³/mol. The lowest BCUT2D eigenvalue weighted by Gasteiger charge is -2.84. The third-order valence-corrected chi connectivity index (χ3v) is 12.8. The highest BCUT2D eigenvalue weighted by Crippen LogP contribution is 2.80. The Hall–Kier alpha value is -0.940. The summed E-state index contributed by atoms with van der Waals surface area (Å²) in [5.74, 6) is 0.471. The quantitative estimate of drug-likeness (QED) is 0.214. The van der Waals surface area contributed by atoms with Crippen LogP contribution in [0.4, 0.5) is 0 Å². The summed E-state index contributed by atoms with van der Waals surface area (Å²) >= 11 is 0. The number of nitrogens with zero attached hydrogens (tertiary/aromatic N) is 2. The normalized spacial score (nSPS) is 57.8. The average molecular weight is 488 g/mol. The molecule has 9 nitrogen and oxygen atoms in total. The predicted octanol–water partition coefficient (Wildman–Crippen LogP) is -0.0133. The van der Waals surface area contributed by atoms with Gasteiger partial charge >= 0.3 is 0 Å². The standard InChI is InChI=1S/C26H49N9/c1-13(2)24-12-22(28)11-23(29,30)10-9-20(24,3)16-15(18(34-5)26(22,24)33)14-7-8-25(31,32)21(14,4)19(35-6)17(16)27/h13-19H,5-12,27-33H2,1-4H3/t14?,15?,16?,17?,18?,19?,20-,21-,22-,24?,26-/m1/s1. The first-order valence-electron chi connectivity index (χ1n) is 13.4. The summed E-state index contributed by atoms with van der Waals surface area (Å²) in [7, 11) is 0. The van der Waals surface area contributed by atoms with Crippen LogP contribution in [-0.2, 0) is 0 Å². The molecule has 11 atom stereocenters. The monoisotopic (exact) mass is 487 g/mol. The van der Waals surface area contributed by atoms with Gasteiger partial charge in [-0.1, -0.05) is 27.7 Å². The number of fused-ring (bicyclic) bond motifs is 6. The van der Waals surface area contributed by atoms with Crippen LogP contribution in [-0.4, -0.2) is 54.0 Å². The molecule has 0 aromatic heterocycles. The maximum atomic E-state index is 7.70. The van der Waals surface area contributed by atoms with Crippen LogP contribution in [0.25, 0.3) is 0 Å². The van der Waals surface area contributed by atoms with Gasteiger partial charge in [-0.15, -0.1) is 0 Å². The number of rotatable bonds is 3. The van der Waals surface area contributed by atoms with Crippen LogP contribution in [0.3, 0.4) is 0 Å². The third kappa shape index (κ3) is 2.45. The van der Waals surface area contributed by atoms with E-state index < -0.39 is 27.8 Å². The minimum atomic E-state index is -0.914. The zero-order chi connectivity index (χ0) is 26.2. The fourth-order valence-corrected chi connectivity index (χ4v) is 11.4. The van der Waals surface area contributed by atoms with Crippen LogP contribution >= 0.6 is 0 Å². The zero-order valence-electron chi connectivity index (χ0n) is 22.1. The Morgan fingerprint density at radius 2 is 1.46 bits per heavy atom. The first kappa shape index (κ1) is 25.7. The van der Waals surface area contributed by atoms with Crippen molar-refractivity contribution >= 4 is 13.4 Å². The van der Waals surface area contributed by atoms with Gasteiger partial charge in [-0.25, -0.2) is 0 Å². The van der Waals surface area contributed by atoms with Gasteiger partial charge in [0.05, 0.1) is 28.9 Å². The van der Waals surface area contributed by atoms with Crippen molar-refractivity contribution in [3.63, 3.8) is 0 Å². The smallest absolute Gasteiger partial charge is 0.0732 e. The summed E-state index contributed by atoms with van der Waals surface area (Å²) in [5, 5.41) is 0. The van der Waals surface area contributed by atoms with Gasteiger partial charge in [0.15, 0.2) is 0 Å². The van der Waals surface area contributed by atoms with Crippen molar-refractivity contribution in [2.75, 3.05) is 0 Å². The van der Waals surface area contributed by atoms with E-state index in [0.29, 0.717) is 19.3 Å². The van der Waals surface area contributed by atoms with Gasteiger partial charge in [-0.05, 0) is 81.0 Å². The van der Waals surface area contributed by atoms with Crippen molar-refractivity contribution in [3.8, 4) is 0 Å². The molecular weight excluding hydrogens is 438 g/mol. The van der Waals surface area contributed by atoms with Gasteiger partial charge in [-0.2, -0.15) is 0 Å². The molecule has 5 rings (SSSR count). The lowest BCUT2D eigenvalue weighted by Crippen LogP contribution is -2.97. The van der Waals surface area contributed by atoms with Gasteiger partial charge < -0.3 is 40.1 Å². The largest absolute Gasteiger partial charge is 0.326 e. The van der Waals surface area contributed by atoms with Crippen molar-refractivity contribution in [2.45, 2.75) is 107 Å². The van der Waals surface area contributed by atoms with Crippen molar-refractivity contribution < 1.29 is 0 Å². The van der Waals surface area contributed by atoms with E-state index in [1.807, 2.05) is 0 Å². The summed E-state index contributed by atoms with van der Waals surface area (Å²) in [4.78, 5) is 9.47. The van der Waals surface area contributed by atoms with E-state index >= 15 is 0 Å². The SMILES string of the molecule is C=NC1C(N)C2C(C3CCC(N)(N)[C@]31C)C(N=C)[C@]1(N)C3(C(C)C)C[C@]1(N)CC(N)(N)CC[C@]23C. The minimum Gasteiger partial charge on any atom is -0.326 e. The van der Waals surface area contributed by atoms with Gasteiger partial charge in [0.1, 0.15) is 0 Å². The molecule has 0 radical (unpaired) electrons. The Balaban J connectivity index is 1.82. The van der Waals surface area contributed by atoms with Gasteiger partial charge in [0.25, 0.3) is 0 Å². The van der Waals surface area contributed by atoms with E-state index in [1.165, 1.54) is 0 Å². The summed E-state index contributed by atoms with van der Waals surface area (Å²) < 4.78 is 0. The lowest BCUT2D eigenvalue weighted by atomic mass is 9.23. The summed E-state index contributed by atoms with van der Waals surface area (Å²) in [6.07, 6.45) is 4.22. The molecule has 7 unspecified atom stereocenters. The molecule has 198 valence electrons. The van der Waals surface area contributed by atoms with Gasteiger partial charge in [0.2, 0.25) is 0 Å². The van der Waals surface area contributed by atoms with Gasteiger partial charge in [0, 0.05) is 22.4 Å². The molecule has 0 aliphatic heterocycles. The number of aliphatic imine (C=N–C) groups is 2. The molecule has 0 aromatic rings. The van der Waals surface area contributed by atoms with E-state index in [2.05, 4.69) is 46.1 Å². The molecule has 0 heterocycles. The Morgan fingerprint density at radius 1 is 0.857 bits per heavy atom. The summed E-state index contributed by atoms with van der Waals surface area (Å²) in [5.41, 5.74) is 44.7. The number of hydrogen-bond acceptors (Lipinski definition) is 9. The Labute approximate surface area is 210 Å². The first-order chi connectivity index (χ1) is 16.0. The molecule has 0 aromatic carbocycles. The van der Waals surface area contributed by atoms with Crippen molar-refractivity contribution in [1.29, 1.82) is 0 Å². The third-order valence-electron chi connectivity index (χ3n) is 12.8. The van der Waals surface area contributed by atoms with Crippen LogP contribution in [0, 0.1) is 39.9 Å². The Bertz CT molecular complexity index is 949. The maximum Gasteiger partial charge on any atom is 0.0732 e. The highest BCUT2D eigenvalue weighted by atomic mass is 15.2. The zero-order valence-corrected chi connectivity index (χ0v) is 22.1. The molecule has 0 amide bonds. The second kappa shape index (κ2) is 6.92. The number of nitrogens with two attached hydrogens (primary N) is 7. The van der Waals surface area contributed by atoms with E-state index in [4.69, 9.17) is 45.1 Å². The second-order valence-corrected chi connectivity index (χ2v) is 14.1. The summed E-state index contributed by atoms with van der Waals surface area (Å²) in [6, 6.07) is -0.905. The van der Waals surface area contributed by atoms with Crippen molar-refractivity contribution in [1.82, 2.24) is 0 Å². The Morgan fingerprint density at radius 3 is 2.00 bits per heavy atom. The number of hydrogen-bond donors (Lipinski definition) is 7. The molecule has 5 aliphatic carbocycles. The molecule has 0 spiro atoms. The first-order valence-corrected chi connectivity index (χ1v) is 13.4. The highest BCUT2D eigenvalue weighted by Gasteiger charge is 2.86. The Kier molecular flexibility index (Phi) is 5.08. The second-order valence-electron chi connectivity index (χ2n) is 14.1. The maximum absolute atomic E-state index is 7.70. The van der Waals surface area contributed by atoms with E-state index in [1.54, 1.807) is 0 Å². The molecular formula is C26H49N9. The molecule has 9 heteroatoms. The molecule has 5 saturated carbocycles. The van der Waals surface area contributed by atoms with E-state index in [-0.39, 0.29) is 52.6 Å². The molecule has 5 fully saturated rings. The molecule has 0 saturated heterocycles. The van der Waals surface area contributed by atoms with Crippen LogP contribution in [0.5, 0.6) is 0 Å². The van der Waals surface area contributed by atoms with Crippen LogP contribution in [0.2, 0.25) is 0 Å². The van der Waals surface area contributed by atoms with Crippen LogP contribution in [0.15, 0.2) is 9.98 Å². The fraction of sp³-hybridized carbons (Fsp3) is 0.923. The molecule has 35 heavy (non-hydrogen) atoms. The van der Waals surface area contributed by atoms with Crippen molar-refractivity contribution in [3.05, 3.63) is 0 Å². The van der Waals surface area contributed by atoms with Crippen LogP contribution in [0.1, 0.15) is 66.2 Å². The van der Waals surface area contributed by atoms with E-state index in [0.717, 1.165) is 19.3 Å². The molecule has 2 bridgehead atoms. The van der Waals surface area contributed by atoms with E-state index in [9.17, 15) is 0 Å².